The molecule has 0 radical (unpaired) electrons. The van der Waals surface area contributed by atoms with Gasteiger partial charge in [0.05, 0.1) is 0 Å². The smallest absolute Gasteiger partial charge is 0.445 e. The minimum atomic E-state index is -4.70. The van der Waals surface area contributed by atoms with Crippen LogP contribution in [-0.2, 0) is 24.1 Å². The molecule has 0 spiro atoms. The zero-order chi connectivity index (χ0) is 23.4. The number of carbonyl (C=O) groups is 1. The van der Waals surface area contributed by atoms with Gasteiger partial charge in [-0.2, -0.15) is 18.2 Å². The second-order valence-corrected chi connectivity index (χ2v) is 7.71. The number of halogens is 3. The highest BCUT2D eigenvalue weighted by molar-refractivity contribution is 5.67. The third-order valence-electron chi connectivity index (χ3n) is 5.30. The molecule has 0 aliphatic carbocycles. The van der Waals surface area contributed by atoms with Gasteiger partial charge >= 0.3 is 18.2 Å². The first-order chi connectivity index (χ1) is 15.8. The van der Waals surface area contributed by atoms with E-state index in [1.54, 1.807) is 31.3 Å². The fourth-order valence-electron chi connectivity index (χ4n) is 3.49. The van der Waals surface area contributed by atoms with Crippen molar-refractivity contribution >= 4 is 11.9 Å². The number of aryl methyl sites for hydroxylation is 1. The number of alkyl carbamates (subject to hydrolysis) is 1. The van der Waals surface area contributed by atoms with Crippen LogP contribution < -0.4 is 10.2 Å². The molecule has 8 nitrogen and oxygen atoms in total. The molecule has 0 atom stereocenters. The highest BCUT2D eigenvalue weighted by atomic mass is 19.4. The highest BCUT2D eigenvalue weighted by Crippen LogP contribution is 2.29. The molecule has 33 heavy (non-hydrogen) atoms. The molecule has 0 saturated carbocycles. The van der Waals surface area contributed by atoms with E-state index in [0.717, 1.165) is 35.6 Å². The lowest BCUT2D eigenvalue weighted by Crippen LogP contribution is -2.24. The maximum Gasteiger partial charge on any atom is 0.471 e. The van der Waals surface area contributed by atoms with Crippen molar-refractivity contribution in [3.8, 4) is 11.4 Å². The van der Waals surface area contributed by atoms with Crippen LogP contribution in [0.3, 0.4) is 0 Å². The molecule has 1 N–H and O–H groups in total. The van der Waals surface area contributed by atoms with Crippen LogP contribution in [0.1, 0.15) is 35.4 Å². The molecule has 11 heteroatoms. The van der Waals surface area contributed by atoms with Crippen molar-refractivity contribution in [2.75, 3.05) is 18.0 Å². The molecule has 3 heterocycles. The molecule has 0 bridgehead atoms. The molecule has 1 aromatic carbocycles. The predicted molar refractivity (Wildman–Crippen MR) is 112 cm³/mol. The van der Waals surface area contributed by atoms with E-state index in [0.29, 0.717) is 5.56 Å². The maximum atomic E-state index is 12.6. The molecular formula is C22H22F3N5O3. The van der Waals surface area contributed by atoms with Crippen LogP contribution in [0.5, 0.6) is 0 Å². The third-order valence-corrected chi connectivity index (χ3v) is 5.30. The van der Waals surface area contributed by atoms with Crippen molar-refractivity contribution in [3.05, 3.63) is 59.1 Å². The SMILES string of the molecule is Cc1cc(-c2noc(C(F)(F)F)n2)ccc1CNC(=O)OCc1ccc(N2CCCC2)nc1. The maximum absolute atomic E-state index is 12.6. The Bertz CT molecular complexity index is 1110. The normalized spacial score (nSPS) is 13.9. The second kappa shape index (κ2) is 9.47. The van der Waals surface area contributed by atoms with Crippen LogP contribution in [0.2, 0.25) is 0 Å². The Kier molecular flexibility index (Phi) is 6.47. The van der Waals surface area contributed by atoms with Crippen molar-refractivity contribution in [3.63, 3.8) is 0 Å². The van der Waals surface area contributed by atoms with Gasteiger partial charge in [0.25, 0.3) is 0 Å². The molecule has 1 fully saturated rings. The summed E-state index contributed by atoms with van der Waals surface area (Å²) in [6, 6.07) is 8.68. The molecule has 1 aliphatic rings. The van der Waals surface area contributed by atoms with Crippen LogP contribution in [-0.4, -0.2) is 34.3 Å². The first-order valence-corrected chi connectivity index (χ1v) is 10.4. The van der Waals surface area contributed by atoms with Crippen molar-refractivity contribution in [2.45, 2.75) is 39.1 Å². The van der Waals surface area contributed by atoms with Crippen LogP contribution in [0.25, 0.3) is 11.4 Å². The monoisotopic (exact) mass is 461 g/mol. The number of carbonyl (C=O) groups excluding carboxylic acids is 1. The van der Waals surface area contributed by atoms with Gasteiger partial charge in [-0.1, -0.05) is 23.4 Å². The number of alkyl halides is 3. The lowest BCUT2D eigenvalue weighted by molar-refractivity contribution is -0.159. The number of anilines is 1. The van der Waals surface area contributed by atoms with E-state index in [2.05, 4.69) is 29.9 Å². The molecule has 1 amide bonds. The molecular weight excluding hydrogens is 439 g/mol. The van der Waals surface area contributed by atoms with E-state index >= 15 is 0 Å². The number of nitrogens with one attached hydrogen (secondary N) is 1. The summed E-state index contributed by atoms with van der Waals surface area (Å²) in [7, 11) is 0. The van der Waals surface area contributed by atoms with Crippen LogP contribution in [0.4, 0.5) is 23.8 Å². The summed E-state index contributed by atoms with van der Waals surface area (Å²) in [5.74, 6) is -0.631. The topological polar surface area (TPSA) is 93.4 Å². The van der Waals surface area contributed by atoms with E-state index in [4.69, 9.17) is 4.74 Å². The summed E-state index contributed by atoms with van der Waals surface area (Å²) >= 11 is 0. The zero-order valence-corrected chi connectivity index (χ0v) is 17.9. The quantitative estimate of drug-likeness (QED) is 0.578. The average Bonchev–Trinajstić information content (AvgIpc) is 3.49. The van der Waals surface area contributed by atoms with Gasteiger partial charge in [0.2, 0.25) is 5.82 Å². The van der Waals surface area contributed by atoms with E-state index in [9.17, 15) is 18.0 Å². The zero-order valence-electron chi connectivity index (χ0n) is 17.9. The van der Waals surface area contributed by atoms with Gasteiger partial charge in [-0.05, 0) is 43.0 Å². The van der Waals surface area contributed by atoms with E-state index < -0.39 is 18.2 Å². The lowest BCUT2D eigenvalue weighted by atomic mass is 10.0. The first-order valence-electron chi connectivity index (χ1n) is 10.4. The third kappa shape index (κ3) is 5.60. The molecule has 1 saturated heterocycles. The Hall–Kier alpha value is -3.63. The Morgan fingerprint density at radius 2 is 2.00 bits per heavy atom. The van der Waals surface area contributed by atoms with Gasteiger partial charge in [0, 0.05) is 37.0 Å². The number of benzene rings is 1. The van der Waals surface area contributed by atoms with Crippen molar-refractivity contribution < 1.29 is 27.2 Å². The number of hydrogen-bond acceptors (Lipinski definition) is 7. The minimum absolute atomic E-state index is 0.0937. The summed E-state index contributed by atoms with van der Waals surface area (Å²) in [6.45, 7) is 4.07. The van der Waals surface area contributed by atoms with Crippen molar-refractivity contribution in [2.24, 2.45) is 0 Å². The number of ether oxygens (including phenoxy) is 1. The molecule has 4 rings (SSSR count). The average molecular weight is 461 g/mol. The Labute approximate surface area is 187 Å². The Morgan fingerprint density at radius 3 is 2.64 bits per heavy atom. The predicted octanol–water partition coefficient (Wildman–Crippen LogP) is 4.49. The van der Waals surface area contributed by atoms with Crippen LogP contribution in [0.15, 0.2) is 41.1 Å². The van der Waals surface area contributed by atoms with Crippen molar-refractivity contribution in [1.82, 2.24) is 20.4 Å². The van der Waals surface area contributed by atoms with E-state index in [1.165, 1.54) is 12.8 Å². The summed E-state index contributed by atoms with van der Waals surface area (Å²) < 4.78 is 47.4. The number of amides is 1. The minimum Gasteiger partial charge on any atom is -0.445 e. The largest absolute Gasteiger partial charge is 0.471 e. The van der Waals surface area contributed by atoms with Gasteiger partial charge in [0.1, 0.15) is 12.4 Å². The van der Waals surface area contributed by atoms with Crippen LogP contribution in [0, 0.1) is 6.92 Å². The summed E-state index contributed by atoms with van der Waals surface area (Å²) in [4.78, 5) is 22.1. The molecule has 0 unspecified atom stereocenters. The number of rotatable bonds is 6. The van der Waals surface area contributed by atoms with Gasteiger partial charge in [-0.25, -0.2) is 9.78 Å². The molecule has 3 aromatic rings. The van der Waals surface area contributed by atoms with Gasteiger partial charge < -0.3 is 19.5 Å². The van der Waals surface area contributed by atoms with Gasteiger partial charge in [-0.15, -0.1) is 0 Å². The number of pyridine rings is 1. The number of nitrogens with zero attached hydrogens (tertiary/aromatic N) is 4. The highest BCUT2D eigenvalue weighted by Gasteiger charge is 2.38. The fourth-order valence-corrected chi connectivity index (χ4v) is 3.49. The van der Waals surface area contributed by atoms with Gasteiger partial charge in [0.15, 0.2) is 0 Å². The second-order valence-electron chi connectivity index (χ2n) is 7.71. The first kappa shape index (κ1) is 22.6. The number of hydrogen-bond donors (Lipinski definition) is 1. The summed E-state index contributed by atoms with van der Waals surface area (Å²) in [6.07, 6.45) is -1.24. The Balaban J connectivity index is 1.28. The Morgan fingerprint density at radius 1 is 1.21 bits per heavy atom. The summed E-state index contributed by atoms with van der Waals surface area (Å²) in [5, 5.41) is 6.04. The summed E-state index contributed by atoms with van der Waals surface area (Å²) in [5.41, 5.74) is 2.68. The van der Waals surface area contributed by atoms with E-state index in [1.807, 2.05) is 12.1 Å². The fraction of sp³-hybridized carbons (Fsp3) is 0.364. The van der Waals surface area contributed by atoms with E-state index in [-0.39, 0.29) is 19.0 Å². The number of aromatic nitrogens is 3. The van der Waals surface area contributed by atoms with Crippen LogP contribution >= 0.6 is 0 Å². The molecule has 174 valence electrons. The molecule has 1 aliphatic heterocycles. The molecule has 2 aromatic heterocycles. The van der Waals surface area contributed by atoms with Gasteiger partial charge in [-0.3, -0.25) is 0 Å². The lowest BCUT2D eigenvalue weighted by Gasteiger charge is -2.16. The van der Waals surface area contributed by atoms with Crippen molar-refractivity contribution in [1.29, 1.82) is 0 Å². The standard InChI is InChI=1S/C22H22F3N5O3/c1-14-10-16(19-28-20(33-29-19)22(23,24)25)5-6-17(14)12-27-21(31)32-13-15-4-7-18(26-11-15)30-8-2-3-9-30/h4-7,10-11H,2-3,8-9,12-13H2,1H3,(H,27,31).